The van der Waals surface area contributed by atoms with Gasteiger partial charge in [-0.2, -0.15) is 0 Å². The van der Waals surface area contributed by atoms with Crippen LogP contribution in [0.25, 0.3) is 0 Å². The van der Waals surface area contributed by atoms with Crippen LogP contribution in [0, 0.1) is 17.3 Å². The molecule has 2 unspecified atom stereocenters. The lowest BCUT2D eigenvalue weighted by atomic mass is 9.67. The summed E-state index contributed by atoms with van der Waals surface area (Å²) in [6.45, 7) is 13.5. The van der Waals surface area contributed by atoms with Crippen molar-refractivity contribution < 1.29 is 0 Å². The van der Waals surface area contributed by atoms with Crippen molar-refractivity contribution in [2.24, 2.45) is 22.2 Å². The fourth-order valence-corrected chi connectivity index (χ4v) is 4.07. The van der Waals surface area contributed by atoms with E-state index < -0.39 is 0 Å². The van der Waals surface area contributed by atoms with Crippen molar-refractivity contribution in [1.29, 1.82) is 0 Å². The average molecular weight is 336 g/mol. The fraction of sp³-hybridized carbons (Fsp3) is 0.458. The molecule has 0 aliphatic heterocycles. The minimum absolute atomic E-state index is 0.115. The van der Waals surface area contributed by atoms with Crippen LogP contribution >= 0.6 is 0 Å². The maximum Gasteiger partial charge on any atom is 0.0273 e. The second kappa shape index (κ2) is 8.47. The predicted molar refractivity (Wildman–Crippen MR) is 112 cm³/mol. The predicted octanol–water partition coefficient (Wildman–Crippen LogP) is 6.63. The summed E-state index contributed by atoms with van der Waals surface area (Å²) in [5, 5.41) is 0. The van der Waals surface area contributed by atoms with Gasteiger partial charge >= 0.3 is 0 Å². The van der Waals surface area contributed by atoms with Crippen molar-refractivity contribution in [2.75, 3.05) is 7.05 Å². The molecule has 0 amide bonds. The smallest absolute Gasteiger partial charge is 0.0273 e. The van der Waals surface area contributed by atoms with Gasteiger partial charge in [0.05, 0.1) is 0 Å². The Balaban J connectivity index is 2.37. The standard InChI is InChI=1S/C24H33N/c1-7-16-24(4,5)23-15-11-10-14-22(23)19(3)21-13-9-8-12-20(21)18(2)17-25-6/h7,10-14,16-18,23H,3,8-9,15H2,1-2,4-6H3/b16-7?,25-17+. The van der Waals surface area contributed by atoms with E-state index in [2.05, 4.69) is 81.8 Å². The van der Waals surface area contributed by atoms with Crippen LogP contribution in [0.4, 0.5) is 0 Å². The van der Waals surface area contributed by atoms with Crippen molar-refractivity contribution in [1.82, 2.24) is 0 Å². The first-order chi connectivity index (χ1) is 11.9. The Labute approximate surface area is 154 Å². The SMILES string of the molecule is C=C(C1=CCCC=C1C(C)/C=N/C)C1=CC=CCC1C(C)(C)C=CC. The number of hydrogen-bond acceptors (Lipinski definition) is 1. The van der Waals surface area contributed by atoms with Gasteiger partial charge in [0.1, 0.15) is 0 Å². The van der Waals surface area contributed by atoms with Crippen molar-refractivity contribution in [3.8, 4) is 0 Å². The first kappa shape index (κ1) is 19.4. The third kappa shape index (κ3) is 4.39. The summed E-state index contributed by atoms with van der Waals surface area (Å²) in [4.78, 5) is 4.24. The summed E-state index contributed by atoms with van der Waals surface area (Å²) < 4.78 is 0. The van der Waals surface area contributed by atoms with Gasteiger partial charge in [-0.05, 0) is 59.8 Å². The number of allylic oxidation sites excluding steroid dienone is 11. The molecule has 2 aliphatic carbocycles. The highest BCUT2D eigenvalue weighted by molar-refractivity contribution is 5.70. The molecule has 1 nitrogen and oxygen atoms in total. The minimum atomic E-state index is 0.115. The highest BCUT2D eigenvalue weighted by Crippen LogP contribution is 2.44. The lowest BCUT2D eigenvalue weighted by molar-refractivity contribution is 0.330. The Hall–Kier alpha value is -1.89. The van der Waals surface area contributed by atoms with E-state index >= 15 is 0 Å². The molecule has 1 heteroatoms. The van der Waals surface area contributed by atoms with E-state index in [0.29, 0.717) is 11.8 Å². The van der Waals surface area contributed by atoms with Crippen LogP contribution < -0.4 is 0 Å². The highest BCUT2D eigenvalue weighted by atomic mass is 14.6. The van der Waals surface area contributed by atoms with Crippen molar-refractivity contribution >= 4 is 6.21 Å². The second-order valence-electron chi connectivity index (χ2n) is 7.69. The van der Waals surface area contributed by atoms with Crippen LogP contribution in [0.5, 0.6) is 0 Å². The van der Waals surface area contributed by atoms with Crippen LogP contribution in [0.15, 0.2) is 76.4 Å². The molecule has 0 saturated carbocycles. The fourth-order valence-electron chi connectivity index (χ4n) is 4.07. The van der Waals surface area contributed by atoms with Gasteiger partial charge in [-0.15, -0.1) is 0 Å². The Morgan fingerprint density at radius 2 is 2.04 bits per heavy atom. The van der Waals surface area contributed by atoms with Gasteiger partial charge < -0.3 is 4.99 Å². The maximum absolute atomic E-state index is 4.54. The molecule has 0 heterocycles. The van der Waals surface area contributed by atoms with Crippen LogP contribution in [0.3, 0.4) is 0 Å². The largest absolute Gasteiger partial charge is 0.300 e. The molecular weight excluding hydrogens is 302 g/mol. The third-order valence-electron chi connectivity index (χ3n) is 5.38. The van der Waals surface area contributed by atoms with Gasteiger partial charge in [0.25, 0.3) is 0 Å². The number of aliphatic imine (C=N–C) groups is 1. The Bertz CT molecular complexity index is 677. The molecule has 134 valence electrons. The molecule has 0 aromatic carbocycles. The zero-order chi connectivity index (χ0) is 18.4. The lowest BCUT2D eigenvalue weighted by Crippen LogP contribution is -2.26. The van der Waals surface area contributed by atoms with E-state index in [0.717, 1.165) is 19.3 Å². The number of rotatable bonds is 6. The Morgan fingerprint density at radius 1 is 1.32 bits per heavy atom. The summed E-state index contributed by atoms with van der Waals surface area (Å²) in [6.07, 6.45) is 21.3. The molecule has 0 aromatic rings. The number of hydrogen-bond donors (Lipinski definition) is 0. The zero-order valence-electron chi connectivity index (χ0n) is 16.5. The minimum Gasteiger partial charge on any atom is -0.300 e. The summed E-state index contributed by atoms with van der Waals surface area (Å²) in [6, 6.07) is 0. The second-order valence-corrected chi connectivity index (χ2v) is 7.69. The van der Waals surface area contributed by atoms with Gasteiger partial charge in [0.15, 0.2) is 0 Å². The van der Waals surface area contributed by atoms with E-state index in [1.54, 1.807) is 0 Å². The van der Waals surface area contributed by atoms with Crippen LogP contribution in [-0.4, -0.2) is 13.3 Å². The van der Waals surface area contributed by atoms with Gasteiger partial charge in [-0.3, -0.25) is 0 Å². The zero-order valence-corrected chi connectivity index (χ0v) is 16.5. The van der Waals surface area contributed by atoms with Crippen LogP contribution in [0.1, 0.15) is 47.0 Å². The van der Waals surface area contributed by atoms with Crippen LogP contribution in [-0.2, 0) is 0 Å². The summed E-state index contributed by atoms with van der Waals surface area (Å²) in [5.41, 5.74) is 5.38. The molecule has 0 aromatic heterocycles. The summed E-state index contributed by atoms with van der Waals surface area (Å²) in [5.74, 6) is 0.787. The Morgan fingerprint density at radius 3 is 2.72 bits per heavy atom. The van der Waals surface area contributed by atoms with Crippen molar-refractivity contribution in [2.45, 2.75) is 47.0 Å². The van der Waals surface area contributed by atoms with E-state index in [1.807, 2.05) is 13.3 Å². The molecule has 2 rings (SSSR count). The van der Waals surface area contributed by atoms with E-state index in [1.165, 1.54) is 22.3 Å². The van der Waals surface area contributed by atoms with Gasteiger partial charge in [-0.1, -0.05) is 69.9 Å². The number of nitrogens with zero attached hydrogens (tertiary/aromatic N) is 1. The molecule has 0 fully saturated rings. The molecule has 2 atom stereocenters. The first-order valence-electron chi connectivity index (χ1n) is 9.45. The van der Waals surface area contributed by atoms with E-state index in [4.69, 9.17) is 0 Å². The van der Waals surface area contributed by atoms with Gasteiger partial charge in [-0.25, -0.2) is 0 Å². The first-order valence-corrected chi connectivity index (χ1v) is 9.45. The molecule has 0 N–H and O–H groups in total. The van der Waals surface area contributed by atoms with Crippen LogP contribution in [0.2, 0.25) is 0 Å². The van der Waals surface area contributed by atoms with Gasteiger partial charge in [0.2, 0.25) is 0 Å². The van der Waals surface area contributed by atoms with E-state index in [-0.39, 0.29) is 5.41 Å². The van der Waals surface area contributed by atoms with Crippen molar-refractivity contribution in [3.63, 3.8) is 0 Å². The highest BCUT2D eigenvalue weighted by Gasteiger charge is 2.32. The molecular formula is C24H33N. The van der Waals surface area contributed by atoms with Crippen molar-refractivity contribution in [3.05, 3.63) is 71.4 Å². The van der Waals surface area contributed by atoms with Gasteiger partial charge in [0, 0.05) is 19.2 Å². The molecule has 0 bridgehead atoms. The lowest BCUT2D eigenvalue weighted by Gasteiger charge is -2.36. The molecule has 0 spiro atoms. The monoisotopic (exact) mass is 335 g/mol. The Kier molecular flexibility index (Phi) is 6.58. The topological polar surface area (TPSA) is 12.4 Å². The maximum atomic E-state index is 4.54. The summed E-state index contributed by atoms with van der Waals surface area (Å²) >= 11 is 0. The van der Waals surface area contributed by atoms with E-state index in [9.17, 15) is 0 Å². The molecule has 0 saturated heterocycles. The summed E-state index contributed by atoms with van der Waals surface area (Å²) in [7, 11) is 1.85. The molecule has 0 radical (unpaired) electrons. The third-order valence-corrected chi connectivity index (χ3v) is 5.38. The normalized spacial score (nSPS) is 22.8. The average Bonchev–Trinajstić information content (AvgIpc) is 2.61. The quantitative estimate of drug-likeness (QED) is 0.381. The molecule has 25 heavy (non-hydrogen) atoms. The molecule has 2 aliphatic rings.